The molecule has 2 rings (SSSR count). The van der Waals surface area contributed by atoms with Crippen LogP contribution < -0.4 is 5.32 Å². The van der Waals surface area contributed by atoms with Gasteiger partial charge in [0.1, 0.15) is 6.04 Å². The van der Waals surface area contributed by atoms with Gasteiger partial charge < -0.3 is 10.4 Å². The van der Waals surface area contributed by atoms with E-state index in [2.05, 4.69) is 5.32 Å². The number of alkyl halides is 3. The number of carboxylic acid groups (broad SMARTS) is 1. The summed E-state index contributed by atoms with van der Waals surface area (Å²) in [6, 6.07) is 4.38. The molecule has 1 aliphatic heterocycles. The number of rotatable bonds is 1. The predicted octanol–water partition coefficient (Wildman–Crippen LogP) is 2.60. The van der Waals surface area contributed by atoms with E-state index < -0.39 is 30.5 Å². The van der Waals surface area contributed by atoms with E-state index in [-0.39, 0.29) is 5.69 Å². The van der Waals surface area contributed by atoms with Gasteiger partial charge >= 0.3 is 12.1 Å². The molecule has 0 saturated carbocycles. The second kappa shape index (κ2) is 3.94. The van der Waals surface area contributed by atoms with Crippen LogP contribution in [0, 0.1) is 0 Å². The van der Waals surface area contributed by atoms with E-state index in [1.807, 2.05) is 0 Å². The molecule has 0 bridgehead atoms. The Morgan fingerprint density at radius 1 is 1.35 bits per heavy atom. The number of hydrogen-bond acceptors (Lipinski definition) is 2. The summed E-state index contributed by atoms with van der Waals surface area (Å²) >= 11 is 0. The number of hydrogen-bond donors (Lipinski definition) is 2. The Labute approximate surface area is 95.3 Å². The molecular formula is C11H10F3NO2. The number of halogens is 3. The number of anilines is 1. The van der Waals surface area contributed by atoms with Crippen LogP contribution in [0.3, 0.4) is 0 Å². The van der Waals surface area contributed by atoms with E-state index in [1.165, 1.54) is 12.1 Å². The Morgan fingerprint density at radius 3 is 2.59 bits per heavy atom. The van der Waals surface area contributed by atoms with Crippen LogP contribution in [0.15, 0.2) is 24.3 Å². The van der Waals surface area contributed by atoms with Crippen molar-refractivity contribution in [2.24, 2.45) is 0 Å². The third-order valence-electron chi connectivity index (χ3n) is 2.83. The maximum atomic E-state index is 12.6. The highest BCUT2D eigenvalue weighted by Crippen LogP contribution is 2.39. The zero-order chi connectivity index (χ0) is 12.6. The van der Waals surface area contributed by atoms with Crippen molar-refractivity contribution < 1.29 is 23.1 Å². The largest absolute Gasteiger partial charge is 0.481 e. The molecule has 0 amide bonds. The minimum Gasteiger partial charge on any atom is -0.481 e. The summed E-state index contributed by atoms with van der Waals surface area (Å²) < 4.78 is 37.8. The Hall–Kier alpha value is -1.72. The molecule has 2 N–H and O–H groups in total. The quantitative estimate of drug-likeness (QED) is 0.799. The summed E-state index contributed by atoms with van der Waals surface area (Å²) in [5.74, 6) is -2.34. The summed E-state index contributed by atoms with van der Waals surface area (Å²) in [7, 11) is 0. The van der Waals surface area contributed by atoms with Gasteiger partial charge in [-0.25, -0.2) is 0 Å². The maximum absolute atomic E-state index is 12.6. The highest BCUT2D eigenvalue weighted by molar-refractivity contribution is 5.80. The Morgan fingerprint density at radius 2 is 2.00 bits per heavy atom. The lowest BCUT2D eigenvalue weighted by Gasteiger charge is -2.32. The molecule has 1 aromatic rings. The summed E-state index contributed by atoms with van der Waals surface area (Å²) in [4.78, 5) is 11.0. The van der Waals surface area contributed by atoms with Gasteiger partial charge in [-0.15, -0.1) is 0 Å². The average Bonchev–Trinajstić information content (AvgIpc) is 2.26. The first-order chi connectivity index (χ1) is 7.89. The molecule has 0 aromatic heterocycles. The van der Waals surface area contributed by atoms with E-state index >= 15 is 0 Å². The van der Waals surface area contributed by atoms with E-state index in [0.29, 0.717) is 5.56 Å². The lowest BCUT2D eigenvalue weighted by molar-refractivity contribution is -0.151. The molecule has 6 heteroatoms. The molecular weight excluding hydrogens is 235 g/mol. The summed E-state index contributed by atoms with van der Waals surface area (Å²) in [5, 5.41) is 11.3. The summed E-state index contributed by atoms with van der Waals surface area (Å²) in [5.41, 5.74) is 0.647. The fourth-order valence-corrected chi connectivity index (χ4v) is 1.99. The Balaban J connectivity index is 2.40. The number of fused-ring (bicyclic) bond motifs is 1. The molecule has 92 valence electrons. The Bertz CT molecular complexity index is 445. The molecule has 3 nitrogen and oxygen atoms in total. The van der Waals surface area contributed by atoms with Crippen LogP contribution >= 0.6 is 0 Å². The molecule has 1 heterocycles. The number of nitrogens with one attached hydrogen (secondary N) is 1. The first-order valence-corrected chi connectivity index (χ1v) is 5.04. The van der Waals surface area contributed by atoms with Crippen molar-refractivity contribution in [3.05, 3.63) is 29.8 Å². The number of carboxylic acids is 1. The van der Waals surface area contributed by atoms with Crippen LogP contribution in [0.2, 0.25) is 0 Å². The van der Waals surface area contributed by atoms with Gasteiger partial charge in [-0.3, -0.25) is 4.79 Å². The Kier molecular flexibility index (Phi) is 2.73. The predicted molar refractivity (Wildman–Crippen MR) is 54.9 cm³/mol. The van der Waals surface area contributed by atoms with E-state index in [0.717, 1.165) is 0 Å². The first-order valence-electron chi connectivity index (χ1n) is 5.04. The van der Waals surface area contributed by atoms with Crippen molar-refractivity contribution in [1.29, 1.82) is 0 Å². The second-order valence-corrected chi connectivity index (χ2v) is 3.95. The van der Waals surface area contributed by atoms with Crippen LogP contribution in [0.1, 0.15) is 17.9 Å². The highest BCUT2D eigenvalue weighted by atomic mass is 19.4. The minimum atomic E-state index is -4.44. The van der Waals surface area contributed by atoms with Crippen LogP contribution in [0.4, 0.5) is 18.9 Å². The maximum Gasteiger partial charge on any atom is 0.408 e. The molecule has 1 aromatic carbocycles. The number of para-hydroxylation sites is 1. The lowest BCUT2D eigenvalue weighted by atomic mass is 9.87. The van der Waals surface area contributed by atoms with Gasteiger partial charge in [0.25, 0.3) is 0 Å². The first kappa shape index (κ1) is 11.8. The SMILES string of the molecule is O=C(O)C1CC(C(F)(F)F)Nc2ccccc21. The zero-order valence-corrected chi connectivity index (χ0v) is 8.66. The fraction of sp³-hybridized carbons (Fsp3) is 0.364. The van der Waals surface area contributed by atoms with Gasteiger partial charge in [0.05, 0.1) is 5.92 Å². The molecule has 0 saturated heterocycles. The van der Waals surface area contributed by atoms with Gasteiger partial charge in [-0.2, -0.15) is 13.2 Å². The third kappa shape index (κ3) is 2.20. The average molecular weight is 245 g/mol. The minimum absolute atomic E-state index is 0.244. The van der Waals surface area contributed by atoms with Crippen molar-refractivity contribution in [1.82, 2.24) is 0 Å². The second-order valence-electron chi connectivity index (χ2n) is 3.95. The van der Waals surface area contributed by atoms with Crippen LogP contribution in [-0.2, 0) is 4.79 Å². The molecule has 2 atom stereocenters. The van der Waals surface area contributed by atoms with E-state index in [1.54, 1.807) is 12.1 Å². The molecule has 2 unspecified atom stereocenters. The van der Waals surface area contributed by atoms with E-state index in [9.17, 15) is 18.0 Å². The van der Waals surface area contributed by atoms with E-state index in [4.69, 9.17) is 5.11 Å². The van der Waals surface area contributed by atoms with Gasteiger partial charge in [0.15, 0.2) is 0 Å². The van der Waals surface area contributed by atoms with Gasteiger partial charge in [0, 0.05) is 5.69 Å². The topological polar surface area (TPSA) is 49.3 Å². The molecule has 0 fully saturated rings. The summed E-state index contributed by atoms with van der Waals surface area (Å²) in [6.45, 7) is 0. The van der Waals surface area contributed by atoms with Gasteiger partial charge in [-0.1, -0.05) is 18.2 Å². The molecule has 17 heavy (non-hydrogen) atoms. The normalized spacial score (nSPS) is 23.7. The van der Waals surface area contributed by atoms with Crippen molar-refractivity contribution in [2.45, 2.75) is 24.6 Å². The fourth-order valence-electron chi connectivity index (χ4n) is 1.99. The van der Waals surface area contributed by atoms with Gasteiger partial charge in [-0.05, 0) is 18.1 Å². The molecule has 0 radical (unpaired) electrons. The third-order valence-corrected chi connectivity index (χ3v) is 2.83. The van der Waals surface area contributed by atoms with Crippen LogP contribution in [0.25, 0.3) is 0 Å². The van der Waals surface area contributed by atoms with Crippen molar-refractivity contribution in [3.63, 3.8) is 0 Å². The number of aliphatic carboxylic acids is 1. The number of benzene rings is 1. The smallest absolute Gasteiger partial charge is 0.408 e. The van der Waals surface area contributed by atoms with Gasteiger partial charge in [0.2, 0.25) is 0 Å². The molecule has 1 aliphatic rings. The zero-order valence-electron chi connectivity index (χ0n) is 8.66. The monoisotopic (exact) mass is 245 g/mol. The van der Waals surface area contributed by atoms with Crippen molar-refractivity contribution in [2.75, 3.05) is 5.32 Å². The highest BCUT2D eigenvalue weighted by Gasteiger charge is 2.45. The number of carbonyl (C=O) groups is 1. The van der Waals surface area contributed by atoms with Crippen LogP contribution in [-0.4, -0.2) is 23.3 Å². The standard InChI is InChI=1S/C11H10F3NO2/c12-11(13,14)9-5-7(10(16)17)6-3-1-2-4-8(6)15-9/h1-4,7,9,15H,5H2,(H,16,17). The molecule has 0 spiro atoms. The lowest BCUT2D eigenvalue weighted by Crippen LogP contribution is -2.41. The van der Waals surface area contributed by atoms with Crippen LogP contribution in [0.5, 0.6) is 0 Å². The molecule has 0 aliphatic carbocycles. The van der Waals surface area contributed by atoms with Crippen molar-refractivity contribution >= 4 is 11.7 Å². The summed E-state index contributed by atoms with van der Waals surface area (Å²) in [6.07, 6.45) is -4.92. The van der Waals surface area contributed by atoms with Crippen molar-refractivity contribution in [3.8, 4) is 0 Å².